The molecule has 7 nitrogen and oxygen atoms in total. The monoisotopic (exact) mass is 516 g/mol. The second-order valence-corrected chi connectivity index (χ2v) is 10.0. The summed E-state index contributed by atoms with van der Waals surface area (Å²) in [6.07, 6.45) is 4.98. The van der Waals surface area contributed by atoms with Gasteiger partial charge in [0, 0.05) is 50.1 Å². The fraction of sp³-hybridized carbons (Fsp3) is 0.750. The molecule has 0 saturated carbocycles. The molecule has 10 heteroatoms. The van der Waals surface area contributed by atoms with Crippen molar-refractivity contribution in [1.29, 1.82) is 0 Å². The van der Waals surface area contributed by atoms with Crippen LogP contribution in [0.3, 0.4) is 0 Å². The molecular weight excluding hydrogens is 487 g/mol. The molecule has 0 bridgehead atoms. The van der Waals surface area contributed by atoms with Crippen molar-refractivity contribution in [3.63, 3.8) is 0 Å². The van der Waals surface area contributed by atoms with Crippen molar-refractivity contribution in [2.24, 2.45) is 4.99 Å². The van der Waals surface area contributed by atoms with Crippen molar-refractivity contribution in [2.45, 2.75) is 37.9 Å². The Kier molecular flexibility index (Phi) is 9.76. The maximum Gasteiger partial charge on any atom is 0.191 e. The van der Waals surface area contributed by atoms with E-state index in [1.165, 1.54) is 11.1 Å². The maximum atomic E-state index is 12.3. The molecule has 150 valence electrons. The van der Waals surface area contributed by atoms with Gasteiger partial charge in [-0.25, -0.2) is 13.4 Å². The van der Waals surface area contributed by atoms with Crippen LogP contribution in [-0.2, 0) is 21.0 Å². The van der Waals surface area contributed by atoms with Crippen molar-refractivity contribution in [3.8, 4) is 0 Å². The normalized spacial score (nSPS) is 17.4. The Balaban J connectivity index is 0.00000338. The average molecular weight is 516 g/mol. The molecule has 0 radical (unpaired) electrons. The predicted octanol–water partition coefficient (Wildman–Crippen LogP) is 1.76. The summed E-state index contributed by atoms with van der Waals surface area (Å²) in [5.74, 6) is 0.644. The molecule has 1 fully saturated rings. The van der Waals surface area contributed by atoms with Crippen molar-refractivity contribution in [2.75, 3.05) is 39.1 Å². The van der Waals surface area contributed by atoms with E-state index in [1.807, 2.05) is 20.0 Å². The van der Waals surface area contributed by atoms with Gasteiger partial charge in [-0.05, 0) is 26.7 Å². The molecule has 1 aliphatic rings. The summed E-state index contributed by atoms with van der Waals surface area (Å²) >= 11 is 1.69. The Morgan fingerprint density at radius 2 is 2.08 bits per heavy atom. The van der Waals surface area contributed by atoms with Crippen LogP contribution in [0.4, 0.5) is 0 Å². The Bertz CT molecular complexity index is 685. The number of ether oxygens (including phenoxy) is 1. The number of hydrogen-bond acceptors (Lipinski definition) is 6. The zero-order valence-electron chi connectivity index (χ0n) is 15.6. The number of thiazole rings is 1. The Hall–Kier alpha value is -0.460. The molecule has 1 saturated heterocycles. The van der Waals surface area contributed by atoms with Gasteiger partial charge in [0.2, 0.25) is 0 Å². The number of aromatic nitrogens is 1. The van der Waals surface area contributed by atoms with Gasteiger partial charge in [-0.3, -0.25) is 4.99 Å². The number of sulfone groups is 1. The number of hydrogen-bond donors (Lipinski definition) is 2. The first kappa shape index (κ1) is 23.6. The Labute approximate surface area is 177 Å². The molecule has 1 aromatic rings. The van der Waals surface area contributed by atoms with Gasteiger partial charge in [0.1, 0.15) is 0 Å². The Morgan fingerprint density at radius 1 is 1.38 bits per heavy atom. The highest BCUT2D eigenvalue weighted by Crippen LogP contribution is 2.29. The molecular formula is C16H29IN4O3S2. The molecule has 0 spiro atoms. The standard InChI is InChI=1S/C16H28N4O3S2.HI/c1-4-17-15(18-8-5-14-19-11-13(2)24-14)20-12-16(25(3,21)22)6-9-23-10-7-16;/h11H,4-10,12H2,1-3H3,(H2,17,18,20);1H. The number of nitrogens with one attached hydrogen (secondary N) is 2. The molecule has 1 aliphatic heterocycles. The van der Waals surface area contributed by atoms with E-state index >= 15 is 0 Å². The smallest absolute Gasteiger partial charge is 0.191 e. The lowest BCUT2D eigenvalue weighted by atomic mass is 9.99. The molecule has 1 aromatic heterocycles. The zero-order chi connectivity index (χ0) is 18.3. The second-order valence-electron chi connectivity index (χ2n) is 6.30. The molecule has 26 heavy (non-hydrogen) atoms. The molecule has 0 atom stereocenters. The lowest BCUT2D eigenvalue weighted by Gasteiger charge is -2.34. The van der Waals surface area contributed by atoms with Crippen LogP contribution in [0.15, 0.2) is 11.2 Å². The summed E-state index contributed by atoms with van der Waals surface area (Å²) in [5, 5.41) is 7.53. The van der Waals surface area contributed by atoms with Gasteiger partial charge in [0.25, 0.3) is 0 Å². The maximum absolute atomic E-state index is 12.3. The van der Waals surface area contributed by atoms with Gasteiger partial charge in [-0.2, -0.15) is 0 Å². The van der Waals surface area contributed by atoms with Crippen LogP contribution in [0.5, 0.6) is 0 Å². The van der Waals surface area contributed by atoms with Crippen molar-refractivity contribution in [1.82, 2.24) is 15.6 Å². The summed E-state index contributed by atoms with van der Waals surface area (Å²) in [6.45, 7) is 6.64. The first-order chi connectivity index (χ1) is 11.9. The van der Waals surface area contributed by atoms with E-state index in [0.717, 1.165) is 18.0 Å². The fourth-order valence-electron chi connectivity index (χ4n) is 2.76. The summed E-state index contributed by atoms with van der Waals surface area (Å²) in [6, 6.07) is 0. The summed E-state index contributed by atoms with van der Waals surface area (Å²) in [5.41, 5.74) is 0. The predicted molar refractivity (Wildman–Crippen MR) is 118 cm³/mol. The minimum absolute atomic E-state index is 0. The number of halogens is 1. The molecule has 2 N–H and O–H groups in total. The first-order valence-electron chi connectivity index (χ1n) is 8.57. The van der Waals surface area contributed by atoms with Gasteiger partial charge in [0.05, 0.1) is 16.3 Å². The van der Waals surface area contributed by atoms with Gasteiger partial charge in [0.15, 0.2) is 15.8 Å². The van der Waals surface area contributed by atoms with Crippen LogP contribution in [0.2, 0.25) is 0 Å². The number of nitrogens with zero attached hydrogens (tertiary/aromatic N) is 2. The van der Waals surface area contributed by atoms with Crippen LogP contribution < -0.4 is 10.6 Å². The fourth-order valence-corrected chi connectivity index (χ4v) is 4.75. The number of aliphatic imine (C=N–C) groups is 1. The zero-order valence-corrected chi connectivity index (χ0v) is 19.5. The summed E-state index contributed by atoms with van der Waals surface area (Å²) < 4.78 is 29.1. The SMILES string of the molecule is CCNC(=NCC1(S(C)(=O)=O)CCOCC1)NCCc1ncc(C)s1.I. The molecule has 0 amide bonds. The van der Waals surface area contributed by atoms with Gasteiger partial charge in [-0.15, -0.1) is 35.3 Å². The third-order valence-electron chi connectivity index (χ3n) is 4.36. The first-order valence-corrected chi connectivity index (χ1v) is 11.3. The lowest BCUT2D eigenvalue weighted by Crippen LogP contribution is -2.47. The Morgan fingerprint density at radius 3 is 2.62 bits per heavy atom. The van der Waals surface area contributed by atoms with E-state index in [4.69, 9.17) is 4.74 Å². The van der Waals surface area contributed by atoms with E-state index in [-0.39, 0.29) is 30.5 Å². The van der Waals surface area contributed by atoms with Crippen molar-refractivity contribution >= 4 is 51.1 Å². The molecule has 0 aromatic carbocycles. The molecule has 2 rings (SSSR count). The van der Waals surface area contributed by atoms with Gasteiger partial charge in [-0.1, -0.05) is 0 Å². The van der Waals surface area contributed by atoms with Gasteiger partial charge < -0.3 is 15.4 Å². The van der Waals surface area contributed by atoms with Crippen LogP contribution in [0.1, 0.15) is 29.7 Å². The van der Waals surface area contributed by atoms with Crippen LogP contribution in [-0.4, -0.2) is 63.2 Å². The summed E-state index contributed by atoms with van der Waals surface area (Å²) in [4.78, 5) is 10.1. The highest BCUT2D eigenvalue weighted by atomic mass is 127. The third-order valence-corrected chi connectivity index (χ3v) is 7.44. The van der Waals surface area contributed by atoms with E-state index in [1.54, 1.807) is 11.3 Å². The molecule has 0 unspecified atom stereocenters. The quantitative estimate of drug-likeness (QED) is 0.326. The van der Waals surface area contributed by atoms with E-state index in [0.29, 0.717) is 38.6 Å². The van der Waals surface area contributed by atoms with E-state index in [2.05, 4.69) is 20.6 Å². The van der Waals surface area contributed by atoms with Gasteiger partial charge >= 0.3 is 0 Å². The van der Waals surface area contributed by atoms with Crippen LogP contribution >= 0.6 is 35.3 Å². The highest BCUT2D eigenvalue weighted by molar-refractivity contribution is 14.0. The number of guanidine groups is 1. The topological polar surface area (TPSA) is 92.7 Å². The van der Waals surface area contributed by atoms with E-state index in [9.17, 15) is 8.42 Å². The highest BCUT2D eigenvalue weighted by Gasteiger charge is 2.42. The third kappa shape index (κ3) is 6.61. The molecule has 0 aliphatic carbocycles. The lowest BCUT2D eigenvalue weighted by molar-refractivity contribution is 0.0768. The minimum Gasteiger partial charge on any atom is -0.381 e. The van der Waals surface area contributed by atoms with Crippen molar-refractivity contribution < 1.29 is 13.2 Å². The number of rotatable bonds is 7. The van der Waals surface area contributed by atoms with E-state index < -0.39 is 14.6 Å². The largest absolute Gasteiger partial charge is 0.381 e. The minimum atomic E-state index is -3.21. The number of aryl methyl sites for hydroxylation is 1. The second kappa shape index (κ2) is 10.8. The van der Waals surface area contributed by atoms with Crippen molar-refractivity contribution in [3.05, 3.63) is 16.1 Å². The van der Waals surface area contributed by atoms with Crippen LogP contribution in [0, 0.1) is 6.92 Å². The molecule has 2 heterocycles. The van der Waals surface area contributed by atoms with Crippen LogP contribution in [0.25, 0.3) is 0 Å². The summed E-state index contributed by atoms with van der Waals surface area (Å²) in [7, 11) is -3.21. The average Bonchev–Trinajstić information content (AvgIpc) is 2.98.